The fourth-order valence-electron chi connectivity index (χ4n) is 3.09. The van der Waals surface area contributed by atoms with Crippen molar-refractivity contribution in [3.8, 4) is 5.75 Å². The second-order valence-electron chi connectivity index (χ2n) is 7.28. The molecule has 1 N–H and O–H groups in total. The van der Waals surface area contributed by atoms with E-state index in [-0.39, 0.29) is 17.5 Å². The molecule has 2 aromatic carbocycles. The summed E-state index contributed by atoms with van der Waals surface area (Å²) in [7, 11) is 1.64. The van der Waals surface area contributed by atoms with Crippen molar-refractivity contribution in [1.82, 2.24) is 20.1 Å². The van der Waals surface area contributed by atoms with Crippen LogP contribution >= 0.6 is 11.8 Å². The molecule has 31 heavy (non-hydrogen) atoms. The molecule has 6 nitrogen and oxygen atoms in total. The Labute approximate surface area is 184 Å². The molecule has 0 radical (unpaired) electrons. The molecule has 0 unspecified atom stereocenters. The lowest BCUT2D eigenvalue weighted by atomic mass is 10.2. The van der Waals surface area contributed by atoms with Crippen LogP contribution in [0, 0.1) is 5.82 Å². The Kier molecular flexibility index (Phi) is 6.66. The SMILES string of the molecule is COc1ccc(CN(C(=O)CSc2n[nH]c(/C=C/c3ccc(F)cc3)n2)C2CC2)cc1. The van der Waals surface area contributed by atoms with Crippen molar-refractivity contribution in [3.63, 3.8) is 0 Å². The molecule has 1 aliphatic rings. The van der Waals surface area contributed by atoms with E-state index in [1.165, 1.54) is 23.9 Å². The molecule has 0 atom stereocenters. The van der Waals surface area contributed by atoms with Gasteiger partial charge < -0.3 is 9.64 Å². The maximum atomic E-state index is 13.0. The number of halogens is 1. The number of carbonyl (C=O) groups is 1. The summed E-state index contributed by atoms with van der Waals surface area (Å²) in [6.45, 7) is 0.591. The standard InChI is InChI=1S/C23H23FN4O2S/c1-30-20-11-4-17(5-12-20)14-28(19-9-10-19)22(29)15-31-23-25-21(26-27-23)13-6-16-2-7-18(24)8-3-16/h2-8,11-13,19H,9-10,14-15H2,1H3,(H,25,26,27)/b13-6+. The first kappa shape index (κ1) is 21.1. The van der Waals surface area contributed by atoms with Crippen LogP contribution in [0.25, 0.3) is 12.2 Å². The molecule has 0 saturated heterocycles. The van der Waals surface area contributed by atoms with E-state index in [2.05, 4.69) is 15.2 Å². The first-order valence-electron chi connectivity index (χ1n) is 10.0. The molecule has 160 valence electrons. The molecular weight excluding hydrogens is 415 g/mol. The van der Waals surface area contributed by atoms with Gasteiger partial charge >= 0.3 is 0 Å². The molecule has 1 amide bonds. The van der Waals surface area contributed by atoms with Crippen LogP contribution in [0.15, 0.2) is 53.7 Å². The average molecular weight is 439 g/mol. The fourth-order valence-corrected chi connectivity index (χ4v) is 3.78. The van der Waals surface area contributed by atoms with E-state index in [1.807, 2.05) is 35.2 Å². The monoisotopic (exact) mass is 438 g/mol. The fraction of sp³-hybridized carbons (Fsp3) is 0.261. The number of rotatable bonds is 9. The Morgan fingerprint density at radius 3 is 2.61 bits per heavy atom. The van der Waals surface area contributed by atoms with Gasteiger partial charge in [0, 0.05) is 12.6 Å². The number of ether oxygens (including phenoxy) is 1. The van der Waals surface area contributed by atoms with E-state index in [9.17, 15) is 9.18 Å². The van der Waals surface area contributed by atoms with Crippen LogP contribution in [0.1, 0.15) is 29.8 Å². The molecule has 0 spiro atoms. The van der Waals surface area contributed by atoms with Gasteiger partial charge in [0.05, 0.1) is 12.9 Å². The largest absolute Gasteiger partial charge is 0.497 e. The molecule has 8 heteroatoms. The van der Waals surface area contributed by atoms with Gasteiger partial charge in [0.25, 0.3) is 0 Å². The summed E-state index contributed by atoms with van der Waals surface area (Å²) in [5.41, 5.74) is 1.94. The van der Waals surface area contributed by atoms with Gasteiger partial charge in [-0.05, 0) is 54.3 Å². The smallest absolute Gasteiger partial charge is 0.233 e. The van der Waals surface area contributed by atoms with Crippen molar-refractivity contribution in [2.45, 2.75) is 30.6 Å². The highest BCUT2D eigenvalue weighted by atomic mass is 32.2. The predicted molar refractivity (Wildman–Crippen MR) is 119 cm³/mol. The molecule has 1 heterocycles. The van der Waals surface area contributed by atoms with Gasteiger partial charge in [-0.15, -0.1) is 5.10 Å². The Morgan fingerprint density at radius 1 is 1.19 bits per heavy atom. The predicted octanol–water partition coefficient (Wildman–Crippen LogP) is 4.41. The van der Waals surface area contributed by atoms with Gasteiger partial charge in [0.1, 0.15) is 17.4 Å². The van der Waals surface area contributed by atoms with E-state index in [0.717, 1.165) is 29.7 Å². The second kappa shape index (κ2) is 9.78. The summed E-state index contributed by atoms with van der Waals surface area (Å²) < 4.78 is 18.2. The average Bonchev–Trinajstić information content (AvgIpc) is 3.54. The van der Waals surface area contributed by atoms with E-state index in [1.54, 1.807) is 25.3 Å². The summed E-state index contributed by atoms with van der Waals surface area (Å²) in [5.74, 6) is 1.48. The van der Waals surface area contributed by atoms with E-state index in [4.69, 9.17) is 4.74 Å². The molecule has 1 fully saturated rings. The summed E-state index contributed by atoms with van der Waals surface area (Å²) in [4.78, 5) is 19.2. The Bertz CT molecular complexity index is 1050. The molecule has 4 rings (SSSR count). The third-order valence-electron chi connectivity index (χ3n) is 4.93. The lowest BCUT2D eigenvalue weighted by Gasteiger charge is -2.22. The Hall–Kier alpha value is -3.13. The van der Waals surface area contributed by atoms with Gasteiger partial charge in [-0.2, -0.15) is 0 Å². The van der Waals surface area contributed by atoms with Crippen molar-refractivity contribution in [3.05, 3.63) is 71.3 Å². The van der Waals surface area contributed by atoms with Crippen LogP contribution in [0.5, 0.6) is 5.75 Å². The second-order valence-corrected chi connectivity index (χ2v) is 8.22. The van der Waals surface area contributed by atoms with Crippen LogP contribution < -0.4 is 4.74 Å². The quantitative estimate of drug-likeness (QED) is 0.501. The summed E-state index contributed by atoms with van der Waals surface area (Å²) in [6.07, 6.45) is 5.69. The maximum Gasteiger partial charge on any atom is 0.233 e. The van der Waals surface area contributed by atoms with Crippen molar-refractivity contribution >= 4 is 29.8 Å². The van der Waals surface area contributed by atoms with Gasteiger partial charge in [-0.25, -0.2) is 9.37 Å². The summed E-state index contributed by atoms with van der Waals surface area (Å²) in [6, 6.07) is 14.3. The van der Waals surface area contributed by atoms with Crippen LogP contribution in [0.4, 0.5) is 4.39 Å². The van der Waals surface area contributed by atoms with E-state index in [0.29, 0.717) is 23.6 Å². The van der Waals surface area contributed by atoms with Crippen molar-refractivity contribution in [2.24, 2.45) is 0 Å². The lowest BCUT2D eigenvalue weighted by Crippen LogP contribution is -2.34. The number of aromatic amines is 1. The highest BCUT2D eigenvalue weighted by molar-refractivity contribution is 7.99. The minimum absolute atomic E-state index is 0.0801. The summed E-state index contributed by atoms with van der Waals surface area (Å²) in [5, 5.41) is 7.54. The number of hydrogen-bond donors (Lipinski definition) is 1. The molecule has 1 saturated carbocycles. The Morgan fingerprint density at radius 2 is 1.94 bits per heavy atom. The number of thioether (sulfide) groups is 1. The molecular formula is C23H23FN4O2S. The molecule has 1 aliphatic carbocycles. The van der Waals surface area contributed by atoms with Crippen molar-refractivity contribution < 1.29 is 13.9 Å². The lowest BCUT2D eigenvalue weighted by molar-refractivity contribution is -0.129. The topological polar surface area (TPSA) is 71.1 Å². The number of amides is 1. The van der Waals surface area contributed by atoms with Crippen LogP contribution in [-0.2, 0) is 11.3 Å². The first-order valence-corrected chi connectivity index (χ1v) is 11.0. The number of carbonyl (C=O) groups excluding carboxylic acids is 1. The van der Waals surface area contributed by atoms with Gasteiger partial charge in [-0.3, -0.25) is 9.89 Å². The number of benzene rings is 2. The Balaban J connectivity index is 1.32. The number of nitrogens with one attached hydrogen (secondary N) is 1. The van der Waals surface area contributed by atoms with Crippen LogP contribution in [0.3, 0.4) is 0 Å². The number of hydrogen-bond acceptors (Lipinski definition) is 5. The molecule has 3 aromatic rings. The van der Waals surface area contributed by atoms with E-state index >= 15 is 0 Å². The molecule has 0 bridgehead atoms. The van der Waals surface area contributed by atoms with Gasteiger partial charge in [-0.1, -0.05) is 42.1 Å². The zero-order chi connectivity index (χ0) is 21.6. The third kappa shape index (κ3) is 5.95. The van der Waals surface area contributed by atoms with Gasteiger partial charge in [0.2, 0.25) is 11.1 Å². The highest BCUT2D eigenvalue weighted by Crippen LogP contribution is 2.30. The number of methoxy groups -OCH3 is 1. The zero-order valence-electron chi connectivity index (χ0n) is 17.1. The van der Waals surface area contributed by atoms with Crippen LogP contribution in [-0.4, -0.2) is 44.9 Å². The third-order valence-corrected chi connectivity index (χ3v) is 5.76. The number of aromatic nitrogens is 3. The van der Waals surface area contributed by atoms with Crippen LogP contribution in [0.2, 0.25) is 0 Å². The highest BCUT2D eigenvalue weighted by Gasteiger charge is 2.32. The first-order chi connectivity index (χ1) is 15.1. The minimum atomic E-state index is -0.271. The number of H-pyrrole nitrogens is 1. The summed E-state index contributed by atoms with van der Waals surface area (Å²) >= 11 is 1.31. The molecule has 1 aromatic heterocycles. The van der Waals surface area contributed by atoms with Gasteiger partial charge in [0.15, 0.2) is 0 Å². The van der Waals surface area contributed by atoms with Crippen molar-refractivity contribution in [1.29, 1.82) is 0 Å². The maximum absolute atomic E-state index is 13.0. The zero-order valence-corrected chi connectivity index (χ0v) is 17.9. The number of nitrogens with zero attached hydrogens (tertiary/aromatic N) is 3. The normalized spacial score (nSPS) is 13.5. The van der Waals surface area contributed by atoms with E-state index < -0.39 is 0 Å². The molecule has 0 aliphatic heterocycles. The van der Waals surface area contributed by atoms with Crippen molar-refractivity contribution in [2.75, 3.05) is 12.9 Å². The minimum Gasteiger partial charge on any atom is -0.497 e.